The highest BCUT2D eigenvalue weighted by Crippen LogP contribution is 2.24. The minimum Gasteiger partial charge on any atom is -0.374 e. The lowest BCUT2D eigenvalue weighted by atomic mass is 10.0. The minimum atomic E-state index is -0.132. The van der Waals surface area contributed by atoms with Crippen LogP contribution >= 0.6 is 0 Å². The van der Waals surface area contributed by atoms with Crippen molar-refractivity contribution in [1.29, 1.82) is 0 Å². The van der Waals surface area contributed by atoms with Gasteiger partial charge < -0.3 is 10.1 Å². The zero-order chi connectivity index (χ0) is 13.9. The molecule has 0 amide bonds. The van der Waals surface area contributed by atoms with Crippen LogP contribution in [0.2, 0.25) is 0 Å². The smallest absolute Gasteiger partial charge is 0.0669 e. The fraction of sp³-hybridized carbons (Fsp3) is 0.438. The SMILES string of the molecule is CNC(COC(C)(C)C)c1cncc2ccccc12. The van der Waals surface area contributed by atoms with Crippen molar-refractivity contribution in [3.05, 3.63) is 42.2 Å². The van der Waals surface area contributed by atoms with Crippen molar-refractivity contribution in [1.82, 2.24) is 10.3 Å². The van der Waals surface area contributed by atoms with E-state index in [1.54, 1.807) is 0 Å². The molecule has 2 aromatic rings. The van der Waals surface area contributed by atoms with Crippen molar-refractivity contribution in [3.8, 4) is 0 Å². The van der Waals surface area contributed by atoms with E-state index in [0.717, 1.165) is 5.39 Å². The molecule has 102 valence electrons. The number of hydrogen-bond donors (Lipinski definition) is 1. The molecular formula is C16H22N2O. The average Bonchev–Trinajstić information content (AvgIpc) is 2.38. The molecule has 1 N–H and O–H groups in total. The molecule has 1 aromatic heterocycles. The first-order valence-electron chi connectivity index (χ1n) is 6.65. The Bertz CT molecular complexity index is 540. The molecule has 3 heteroatoms. The molecule has 0 radical (unpaired) electrons. The standard InChI is InChI=1S/C16H22N2O/c1-16(2,3)19-11-15(17-4)14-10-18-9-12-7-5-6-8-13(12)14/h5-10,15,17H,11H2,1-4H3. The van der Waals surface area contributed by atoms with Crippen LogP contribution in [-0.4, -0.2) is 24.2 Å². The fourth-order valence-electron chi connectivity index (χ4n) is 2.08. The quantitative estimate of drug-likeness (QED) is 0.913. The maximum absolute atomic E-state index is 5.90. The van der Waals surface area contributed by atoms with Gasteiger partial charge in [0, 0.05) is 17.8 Å². The van der Waals surface area contributed by atoms with E-state index >= 15 is 0 Å². The Labute approximate surface area is 115 Å². The molecule has 19 heavy (non-hydrogen) atoms. The van der Waals surface area contributed by atoms with Gasteiger partial charge in [-0.3, -0.25) is 4.98 Å². The van der Waals surface area contributed by atoms with Crippen LogP contribution in [0.5, 0.6) is 0 Å². The number of rotatable bonds is 4. The predicted molar refractivity (Wildman–Crippen MR) is 79.2 cm³/mol. The van der Waals surface area contributed by atoms with Crippen LogP contribution in [0.1, 0.15) is 32.4 Å². The number of pyridine rings is 1. The second-order valence-electron chi connectivity index (χ2n) is 5.71. The summed E-state index contributed by atoms with van der Waals surface area (Å²) in [4.78, 5) is 4.33. The van der Waals surface area contributed by atoms with Crippen LogP contribution in [0.25, 0.3) is 10.8 Å². The van der Waals surface area contributed by atoms with E-state index in [1.807, 2.05) is 25.5 Å². The van der Waals surface area contributed by atoms with Crippen molar-refractivity contribution in [2.75, 3.05) is 13.7 Å². The van der Waals surface area contributed by atoms with Gasteiger partial charge in [0.05, 0.1) is 18.2 Å². The van der Waals surface area contributed by atoms with Gasteiger partial charge in [-0.1, -0.05) is 24.3 Å². The lowest BCUT2D eigenvalue weighted by Gasteiger charge is -2.25. The van der Waals surface area contributed by atoms with Crippen molar-refractivity contribution >= 4 is 10.8 Å². The molecule has 3 nitrogen and oxygen atoms in total. The second kappa shape index (κ2) is 5.68. The highest BCUT2D eigenvalue weighted by molar-refractivity contribution is 5.85. The lowest BCUT2D eigenvalue weighted by molar-refractivity contribution is -0.0137. The summed E-state index contributed by atoms with van der Waals surface area (Å²) in [7, 11) is 1.96. The van der Waals surface area contributed by atoms with Gasteiger partial charge in [-0.15, -0.1) is 0 Å². The van der Waals surface area contributed by atoms with Crippen LogP contribution < -0.4 is 5.32 Å². The Hall–Kier alpha value is -1.45. The maximum atomic E-state index is 5.90. The van der Waals surface area contributed by atoms with Gasteiger partial charge in [-0.25, -0.2) is 0 Å². The molecule has 0 aliphatic rings. The number of likely N-dealkylation sites (N-methyl/N-ethyl adjacent to an activating group) is 1. The predicted octanol–water partition coefficient (Wildman–Crippen LogP) is 3.31. The number of fused-ring (bicyclic) bond motifs is 1. The fourth-order valence-corrected chi connectivity index (χ4v) is 2.08. The van der Waals surface area contributed by atoms with Crippen LogP contribution in [0.4, 0.5) is 0 Å². The first-order chi connectivity index (χ1) is 9.01. The molecule has 0 aliphatic heterocycles. The monoisotopic (exact) mass is 258 g/mol. The van der Waals surface area contributed by atoms with E-state index < -0.39 is 0 Å². The third-order valence-corrected chi connectivity index (χ3v) is 3.11. The first-order valence-corrected chi connectivity index (χ1v) is 6.65. The van der Waals surface area contributed by atoms with Gasteiger partial charge in [0.15, 0.2) is 0 Å². The van der Waals surface area contributed by atoms with E-state index in [2.05, 4.69) is 49.3 Å². The van der Waals surface area contributed by atoms with E-state index in [9.17, 15) is 0 Å². The second-order valence-corrected chi connectivity index (χ2v) is 5.71. The van der Waals surface area contributed by atoms with E-state index in [4.69, 9.17) is 4.74 Å². The zero-order valence-corrected chi connectivity index (χ0v) is 12.1. The van der Waals surface area contributed by atoms with Gasteiger partial charge in [0.25, 0.3) is 0 Å². The molecule has 0 fully saturated rings. The number of ether oxygens (including phenoxy) is 1. The van der Waals surface area contributed by atoms with Crippen molar-refractivity contribution < 1.29 is 4.74 Å². The summed E-state index contributed by atoms with van der Waals surface area (Å²) in [5.41, 5.74) is 1.05. The minimum absolute atomic E-state index is 0.132. The molecular weight excluding hydrogens is 236 g/mol. The van der Waals surface area contributed by atoms with Gasteiger partial charge in [0.1, 0.15) is 0 Å². The largest absolute Gasteiger partial charge is 0.374 e. The van der Waals surface area contributed by atoms with Crippen LogP contribution in [0, 0.1) is 0 Å². The Kier molecular flexibility index (Phi) is 4.17. The average molecular weight is 258 g/mol. The number of aromatic nitrogens is 1. The number of nitrogens with zero attached hydrogens (tertiary/aromatic N) is 1. The number of nitrogens with one attached hydrogen (secondary N) is 1. The summed E-state index contributed by atoms with van der Waals surface area (Å²) in [5, 5.41) is 5.71. The Balaban J connectivity index is 2.30. The van der Waals surface area contributed by atoms with Gasteiger partial charge >= 0.3 is 0 Å². The summed E-state index contributed by atoms with van der Waals surface area (Å²) in [6.45, 7) is 6.85. The van der Waals surface area contributed by atoms with Crippen LogP contribution in [0.15, 0.2) is 36.7 Å². The van der Waals surface area contributed by atoms with Gasteiger partial charge in [-0.05, 0) is 38.8 Å². The topological polar surface area (TPSA) is 34.1 Å². The molecule has 0 aliphatic carbocycles. The molecule has 0 bridgehead atoms. The van der Waals surface area contributed by atoms with Gasteiger partial charge in [0.2, 0.25) is 0 Å². The van der Waals surface area contributed by atoms with Crippen molar-refractivity contribution in [2.24, 2.45) is 0 Å². The molecule has 0 saturated carbocycles. The normalized spacial score (nSPS) is 13.7. The zero-order valence-electron chi connectivity index (χ0n) is 12.1. The third-order valence-electron chi connectivity index (χ3n) is 3.11. The summed E-state index contributed by atoms with van der Waals surface area (Å²) in [6.07, 6.45) is 3.83. The summed E-state index contributed by atoms with van der Waals surface area (Å²) in [6, 6.07) is 8.46. The maximum Gasteiger partial charge on any atom is 0.0669 e. The number of hydrogen-bond acceptors (Lipinski definition) is 3. The lowest BCUT2D eigenvalue weighted by Crippen LogP contribution is -2.28. The molecule has 2 rings (SSSR count). The van der Waals surface area contributed by atoms with Crippen LogP contribution in [0.3, 0.4) is 0 Å². The molecule has 0 saturated heterocycles. The Morgan fingerprint density at radius 2 is 1.95 bits per heavy atom. The summed E-state index contributed by atoms with van der Waals surface area (Å²) < 4.78 is 5.90. The molecule has 1 unspecified atom stereocenters. The molecule has 0 spiro atoms. The highest BCUT2D eigenvalue weighted by Gasteiger charge is 2.17. The molecule has 1 aromatic carbocycles. The first kappa shape index (κ1) is 14.0. The number of benzene rings is 1. The van der Waals surface area contributed by atoms with Gasteiger partial charge in [-0.2, -0.15) is 0 Å². The Morgan fingerprint density at radius 3 is 2.63 bits per heavy atom. The summed E-state index contributed by atoms with van der Waals surface area (Å²) in [5.74, 6) is 0. The molecule has 1 atom stereocenters. The Morgan fingerprint density at radius 1 is 1.21 bits per heavy atom. The third kappa shape index (κ3) is 3.52. The van der Waals surface area contributed by atoms with E-state index in [0.29, 0.717) is 6.61 Å². The van der Waals surface area contributed by atoms with E-state index in [-0.39, 0.29) is 11.6 Å². The highest BCUT2D eigenvalue weighted by atomic mass is 16.5. The van der Waals surface area contributed by atoms with Crippen molar-refractivity contribution in [2.45, 2.75) is 32.4 Å². The van der Waals surface area contributed by atoms with Crippen LogP contribution in [-0.2, 0) is 4.74 Å². The summed E-state index contributed by atoms with van der Waals surface area (Å²) >= 11 is 0. The molecule has 1 heterocycles. The van der Waals surface area contributed by atoms with E-state index in [1.165, 1.54) is 10.9 Å². The van der Waals surface area contributed by atoms with Crippen molar-refractivity contribution in [3.63, 3.8) is 0 Å².